The van der Waals surface area contributed by atoms with Crippen LogP contribution in [-0.4, -0.2) is 0 Å². The highest BCUT2D eigenvalue weighted by Gasteiger charge is 2.13. The van der Waals surface area contributed by atoms with Gasteiger partial charge in [-0.1, -0.05) is 45.7 Å². The van der Waals surface area contributed by atoms with Crippen LogP contribution in [0.2, 0.25) is 5.02 Å². The van der Waals surface area contributed by atoms with E-state index in [1.54, 1.807) is 6.07 Å². The summed E-state index contributed by atoms with van der Waals surface area (Å²) in [4.78, 5) is 0. The molecule has 2 N–H and O–H groups in total. The van der Waals surface area contributed by atoms with Crippen molar-refractivity contribution < 1.29 is 4.39 Å². The highest BCUT2D eigenvalue weighted by molar-refractivity contribution is 9.10. The van der Waals surface area contributed by atoms with E-state index < -0.39 is 0 Å². The fourth-order valence-electron chi connectivity index (χ4n) is 1.81. The van der Waals surface area contributed by atoms with Gasteiger partial charge in [-0.15, -0.1) is 0 Å². The molecule has 4 heteroatoms. The Kier molecular flexibility index (Phi) is 4.38. The Labute approximate surface area is 119 Å². The predicted octanol–water partition coefficient (Wildman–Crippen LogP) is 4.48. The summed E-state index contributed by atoms with van der Waals surface area (Å²) < 4.78 is 14.0. The minimum Gasteiger partial charge on any atom is -0.324 e. The van der Waals surface area contributed by atoms with Gasteiger partial charge in [0, 0.05) is 15.5 Å². The fourth-order valence-corrected chi connectivity index (χ4v) is 2.56. The molecule has 0 aliphatic rings. The number of nitrogens with two attached hydrogens (primary N) is 1. The second-order valence-corrected chi connectivity index (χ2v) is 5.33. The molecular formula is C14H12BrClFN. The zero-order valence-corrected chi connectivity index (χ0v) is 11.9. The van der Waals surface area contributed by atoms with Crippen molar-refractivity contribution in [1.29, 1.82) is 0 Å². The van der Waals surface area contributed by atoms with Crippen molar-refractivity contribution in [2.75, 3.05) is 0 Å². The minimum absolute atomic E-state index is 0.289. The van der Waals surface area contributed by atoms with Crippen LogP contribution in [0.25, 0.3) is 0 Å². The van der Waals surface area contributed by atoms with Gasteiger partial charge in [0.1, 0.15) is 5.82 Å². The maximum Gasteiger partial charge on any atom is 0.123 e. The van der Waals surface area contributed by atoms with Gasteiger partial charge in [-0.25, -0.2) is 4.39 Å². The first-order valence-corrected chi connectivity index (χ1v) is 6.69. The van der Waals surface area contributed by atoms with Crippen molar-refractivity contribution in [3.8, 4) is 0 Å². The molecule has 94 valence electrons. The topological polar surface area (TPSA) is 26.0 Å². The molecule has 0 saturated heterocycles. The van der Waals surface area contributed by atoms with Crippen LogP contribution >= 0.6 is 27.5 Å². The molecule has 1 atom stereocenters. The molecule has 2 rings (SSSR count). The van der Waals surface area contributed by atoms with Crippen LogP contribution in [0.3, 0.4) is 0 Å². The lowest BCUT2D eigenvalue weighted by Gasteiger charge is -2.15. The highest BCUT2D eigenvalue weighted by Crippen LogP contribution is 2.27. The van der Waals surface area contributed by atoms with Crippen molar-refractivity contribution in [2.24, 2.45) is 5.73 Å². The molecule has 0 amide bonds. The molecule has 0 aliphatic carbocycles. The molecule has 0 heterocycles. The van der Waals surface area contributed by atoms with E-state index in [1.807, 2.05) is 24.3 Å². The average Bonchev–Trinajstić information content (AvgIpc) is 2.35. The summed E-state index contributed by atoms with van der Waals surface area (Å²) in [5, 5.41) is 0.681. The largest absolute Gasteiger partial charge is 0.324 e. The van der Waals surface area contributed by atoms with Crippen molar-refractivity contribution in [2.45, 2.75) is 12.5 Å². The van der Waals surface area contributed by atoms with Crippen molar-refractivity contribution in [3.05, 3.63) is 68.9 Å². The fraction of sp³-hybridized carbons (Fsp3) is 0.143. The van der Waals surface area contributed by atoms with Crippen LogP contribution in [0.4, 0.5) is 4.39 Å². The van der Waals surface area contributed by atoms with E-state index in [1.165, 1.54) is 12.1 Å². The van der Waals surface area contributed by atoms with Gasteiger partial charge in [-0.05, 0) is 41.8 Å². The summed E-state index contributed by atoms with van der Waals surface area (Å²) in [5.74, 6) is -0.289. The van der Waals surface area contributed by atoms with E-state index >= 15 is 0 Å². The van der Waals surface area contributed by atoms with Gasteiger partial charge in [0.05, 0.1) is 0 Å². The summed E-state index contributed by atoms with van der Waals surface area (Å²) in [6, 6.07) is 11.7. The van der Waals surface area contributed by atoms with Crippen molar-refractivity contribution in [1.82, 2.24) is 0 Å². The van der Waals surface area contributed by atoms with E-state index in [9.17, 15) is 4.39 Å². The molecule has 1 nitrogen and oxygen atoms in total. The third-order valence-electron chi connectivity index (χ3n) is 2.76. The Morgan fingerprint density at radius 1 is 1.22 bits per heavy atom. The first-order chi connectivity index (χ1) is 8.58. The van der Waals surface area contributed by atoms with E-state index in [4.69, 9.17) is 17.3 Å². The van der Waals surface area contributed by atoms with Crippen LogP contribution in [0.1, 0.15) is 17.2 Å². The third-order valence-corrected chi connectivity index (χ3v) is 3.85. The van der Waals surface area contributed by atoms with Gasteiger partial charge in [0.2, 0.25) is 0 Å². The molecule has 0 aromatic heterocycles. The zero-order valence-electron chi connectivity index (χ0n) is 9.54. The lowest BCUT2D eigenvalue weighted by atomic mass is 9.99. The standard InChI is InChI=1S/C14H12BrClFN/c15-12-6-5-10(17)8-11(12)14(18)7-9-3-1-2-4-13(9)16/h1-6,8,14H,7,18H2. The van der Waals surface area contributed by atoms with Crippen LogP contribution in [0.15, 0.2) is 46.9 Å². The zero-order chi connectivity index (χ0) is 13.1. The predicted molar refractivity (Wildman–Crippen MR) is 76.2 cm³/mol. The molecule has 0 spiro atoms. The van der Waals surface area contributed by atoms with Crippen molar-refractivity contribution in [3.63, 3.8) is 0 Å². The van der Waals surface area contributed by atoms with Crippen LogP contribution < -0.4 is 5.73 Å². The van der Waals surface area contributed by atoms with Gasteiger partial charge in [-0.3, -0.25) is 0 Å². The molecule has 2 aromatic rings. The van der Waals surface area contributed by atoms with Gasteiger partial charge in [-0.2, -0.15) is 0 Å². The van der Waals surface area contributed by atoms with Gasteiger partial charge in [0.15, 0.2) is 0 Å². The Morgan fingerprint density at radius 3 is 2.67 bits per heavy atom. The molecule has 0 fully saturated rings. The lowest BCUT2D eigenvalue weighted by Crippen LogP contribution is -2.14. The smallest absolute Gasteiger partial charge is 0.123 e. The van der Waals surface area contributed by atoms with Crippen LogP contribution in [0.5, 0.6) is 0 Å². The SMILES string of the molecule is NC(Cc1ccccc1Cl)c1cc(F)ccc1Br. The monoisotopic (exact) mass is 327 g/mol. The van der Waals surface area contributed by atoms with Gasteiger partial charge >= 0.3 is 0 Å². The molecule has 0 bridgehead atoms. The maximum atomic E-state index is 13.2. The van der Waals surface area contributed by atoms with E-state index in [0.717, 1.165) is 15.6 Å². The quantitative estimate of drug-likeness (QED) is 0.883. The first kappa shape index (κ1) is 13.5. The summed E-state index contributed by atoms with van der Waals surface area (Å²) in [6.07, 6.45) is 0.571. The molecular weight excluding hydrogens is 317 g/mol. The number of hydrogen-bond acceptors (Lipinski definition) is 1. The Hall–Kier alpha value is -0.900. The normalized spacial score (nSPS) is 12.4. The second kappa shape index (κ2) is 5.83. The first-order valence-electron chi connectivity index (χ1n) is 5.52. The second-order valence-electron chi connectivity index (χ2n) is 4.07. The van der Waals surface area contributed by atoms with E-state index in [0.29, 0.717) is 11.4 Å². The lowest BCUT2D eigenvalue weighted by molar-refractivity contribution is 0.617. The summed E-state index contributed by atoms with van der Waals surface area (Å²) in [5.41, 5.74) is 7.82. The number of benzene rings is 2. The average molecular weight is 329 g/mol. The number of hydrogen-bond donors (Lipinski definition) is 1. The molecule has 0 saturated carbocycles. The number of halogens is 3. The van der Waals surface area contributed by atoms with E-state index in [2.05, 4.69) is 15.9 Å². The summed E-state index contributed by atoms with van der Waals surface area (Å²) >= 11 is 9.47. The molecule has 2 aromatic carbocycles. The molecule has 18 heavy (non-hydrogen) atoms. The van der Waals surface area contributed by atoms with Gasteiger partial charge in [0.25, 0.3) is 0 Å². The van der Waals surface area contributed by atoms with E-state index in [-0.39, 0.29) is 11.9 Å². The van der Waals surface area contributed by atoms with Gasteiger partial charge < -0.3 is 5.73 Å². The Bertz CT molecular complexity index is 559. The third kappa shape index (κ3) is 3.10. The molecule has 0 aliphatic heterocycles. The van der Waals surface area contributed by atoms with Crippen molar-refractivity contribution >= 4 is 27.5 Å². The molecule has 1 unspecified atom stereocenters. The highest BCUT2D eigenvalue weighted by atomic mass is 79.9. The minimum atomic E-state index is -0.296. The Balaban J connectivity index is 2.25. The van der Waals surface area contributed by atoms with Crippen LogP contribution in [-0.2, 0) is 6.42 Å². The summed E-state index contributed by atoms with van der Waals surface area (Å²) in [7, 11) is 0. The maximum absolute atomic E-state index is 13.2. The molecule has 0 radical (unpaired) electrons. The Morgan fingerprint density at radius 2 is 1.94 bits per heavy atom. The van der Waals surface area contributed by atoms with Crippen LogP contribution in [0, 0.1) is 5.82 Å². The number of rotatable bonds is 3. The summed E-state index contributed by atoms with van der Waals surface area (Å²) in [6.45, 7) is 0.